The van der Waals surface area contributed by atoms with Gasteiger partial charge < -0.3 is 10.1 Å². The van der Waals surface area contributed by atoms with E-state index in [0.29, 0.717) is 0 Å². The van der Waals surface area contributed by atoms with E-state index in [-0.39, 0.29) is 0 Å². The fourth-order valence-electron chi connectivity index (χ4n) is 1.71. The van der Waals surface area contributed by atoms with Crippen molar-refractivity contribution in [3.05, 3.63) is 28.6 Å². The normalized spacial score (nSPS) is 11.6. The Kier molecular flexibility index (Phi) is 7.01. The number of halogens is 1. The standard InChI is InChI=1S/C13H22ClN3O/c1-11-12(13(14)17(2)16-11)7-5-4-6-8-15-9-10-18-3/h4-5,15H,6-10H2,1-3H3/b5-4+. The molecule has 0 radical (unpaired) electrons. The molecule has 1 aromatic heterocycles. The van der Waals surface area contributed by atoms with Gasteiger partial charge in [-0.25, -0.2) is 0 Å². The molecule has 0 atom stereocenters. The monoisotopic (exact) mass is 271 g/mol. The van der Waals surface area contributed by atoms with E-state index in [1.807, 2.05) is 14.0 Å². The molecular formula is C13H22ClN3O. The molecule has 18 heavy (non-hydrogen) atoms. The van der Waals surface area contributed by atoms with E-state index < -0.39 is 0 Å². The number of rotatable bonds is 8. The molecule has 0 fully saturated rings. The van der Waals surface area contributed by atoms with Crippen LogP contribution in [0.4, 0.5) is 0 Å². The Balaban J connectivity index is 2.24. The minimum atomic E-state index is 0.732. The average Bonchev–Trinajstić information content (AvgIpc) is 2.58. The first-order valence-electron chi connectivity index (χ1n) is 6.19. The first-order chi connectivity index (χ1) is 8.66. The van der Waals surface area contributed by atoms with Crippen molar-refractivity contribution in [1.29, 1.82) is 0 Å². The molecule has 0 amide bonds. The van der Waals surface area contributed by atoms with Gasteiger partial charge in [-0.1, -0.05) is 23.8 Å². The molecule has 0 aliphatic rings. The summed E-state index contributed by atoms with van der Waals surface area (Å²) in [6, 6.07) is 0. The van der Waals surface area contributed by atoms with Gasteiger partial charge in [0.05, 0.1) is 12.3 Å². The quantitative estimate of drug-likeness (QED) is 0.581. The van der Waals surface area contributed by atoms with Crippen LogP contribution in [0.15, 0.2) is 12.2 Å². The highest BCUT2D eigenvalue weighted by atomic mass is 35.5. The van der Waals surface area contributed by atoms with Crippen molar-refractivity contribution in [2.24, 2.45) is 7.05 Å². The number of allylic oxidation sites excluding steroid dienone is 1. The largest absolute Gasteiger partial charge is 0.383 e. The number of hydrogen-bond donors (Lipinski definition) is 1. The third-order valence-electron chi connectivity index (χ3n) is 2.73. The average molecular weight is 272 g/mol. The molecule has 4 nitrogen and oxygen atoms in total. The number of aromatic nitrogens is 2. The van der Waals surface area contributed by atoms with Crippen molar-refractivity contribution in [1.82, 2.24) is 15.1 Å². The van der Waals surface area contributed by atoms with Crippen LogP contribution in [-0.4, -0.2) is 36.6 Å². The molecule has 0 saturated carbocycles. The molecule has 0 bridgehead atoms. The second-order valence-corrected chi connectivity index (χ2v) is 4.54. The highest BCUT2D eigenvalue weighted by molar-refractivity contribution is 6.30. The van der Waals surface area contributed by atoms with Gasteiger partial charge in [-0.15, -0.1) is 0 Å². The van der Waals surface area contributed by atoms with Crippen LogP contribution >= 0.6 is 11.6 Å². The smallest absolute Gasteiger partial charge is 0.130 e. The highest BCUT2D eigenvalue weighted by Gasteiger charge is 2.08. The molecule has 102 valence electrons. The van der Waals surface area contributed by atoms with Gasteiger partial charge in [0.2, 0.25) is 0 Å². The number of ether oxygens (including phenoxy) is 1. The summed E-state index contributed by atoms with van der Waals surface area (Å²) in [6.07, 6.45) is 6.17. The Hall–Kier alpha value is -0.840. The molecule has 1 heterocycles. The van der Waals surface area contributed by atoms with Gasteiger partial charge >= 0.3 is 0 Å². The third kappa shape index (κ3) is 4.80. The topological polar surface area (TPSA) is 39.1 Å². The molecule has 0 saturated heterocycles. The molecule has 1 N–H and O–H groups in total. The van der Waals surface area contributed by atoms with Gasteiger partial charge in [0.25, 0.3) is 0 Å². The molecule has 5 heteroatoms. The number of nitrogens with zero attached hydrogens (tertiary/aromatic N) is 2. The summed E-state index contributed by atoms with van der Waals surface area (Å²) in [4.78, 5) is 0. The van der Waals surface area contributed by atoms with Crippen molar-refractivity contribution >= 4 is 11.6 Å². The fourth-order valence-corrected chi connectivity index (χ4v) is 1.96. The summed E-state index contributed by atoms with van der Waals surface area (Å²) in [7, 11) is 3.57. The van der Waals surface area contributed by atoms with Crippen LogP contribution < -0.4 is 5.32 Å². The fraction of sp³-hybridized carbons (Fsp3) is 0.615. The van der Waals surface area contributed by atoms with Crippen molar-refractivity contribution in [2.45, 2.75) is 19.8 Å². The minimum absolute atomic E-state index is 0.732. The molecule has 0 spiro atoms. The lowest BCUT2D eigenvalue weighted by molar-refractivity contribution is 0.199. The Labute approximate surface area is 114 Å². The predicted molar refractivity (Wildman–Crippen MR) is 75.2 cm³/mol. The summed E-state index contributed by atoms with van der Waals surface area (Å²) in [5, 5.41) is 8.31. The number of nitrogens with one attached hydrogen (secondary N) is 1. The Bertz CT molecular complexity index is 388. The van der Waals surface area contributed by atoms with E-state index in [1.165, 1.54) is 0 Å². The van der Waals surface area contributed by atoms with Crippen LogP contribution in [0.3, 0.4) is 0 Å². The van der Waals surface area contributed by atoms with E-state index in [1.54, 1.807) is 11.8 Å². The van der Waals surface area contributed by atoms with Gasteiger partial charge in [-0.3, -0.25) is 4.68 Å². The molecule has 0 aliphatic heterocycles. The van der Waals surface area contributed by atoms with Gasteiger partial charge in [0, 0.05) is 26.3 Å². The molecule has 0 aromatic carbocycles. The summed E-state index contributed by atoms with van der Waals surface area (Å²) in [5.74, 6) is 0. The maximum Gasteiger partial charge on any atom is 0.130 e. The molecule has 0 aliphatic carbocycles. The first kappa shape index (κ1) is 15.2. The van der Waals surface area contributed by atoms with Gasteiger partial charge in [-0.2, -0.15) is 5.10 Å². The number of hydrogen-bond acceptors (Lipinski definition) is 3. The Morgan fingerprint density at radius 3 is 2.78 bits per heavy atom. The van der Waals surface area contributed by atoms with Gasteiger partial charge in [-0.05, 0) is 26.3 Å². The SMILES string of the molecule is COCCNCC/C=C/Cc1c(C)nn(C)c1Cl. The predicted octanol–water partition coefficient (Wildman–Crippen LogP) is 2.11. The summed E-state index contributed by atoms with van der Waals surface area (Å²) < 4.78 is 6.67. The lowest BCUT2D eigenvalue weighted by atomic mass is 10.2. The summed E-state index contributed by atoms with van der Waals surface area (Å²) in [5.41, 5.74) is 2.12. The first-order valence-corrected chi connectivity index (χ1v) is 6.57. The van der Waals surface area contributed by atoms with Gasteiger partial charge in [0.15, 0.2) is 0 Å². The van der Waals surface area contributed by atoms with E-state index in [2.05, 4.69) is 22.6 Å². The highest BCUT2D eigenvalue weighted by Crippen LogP contribution is 2.19. The van der Waals surface area contributed by atoms with Crippen molar-refractivity contribution in [3.8, 4) is 0 Å². The van der Waals surface area contributed by atoms with E-state index in [9.17, 15) is 0 Å². The second-order valence-electron chi connectivity index (χ2n) is 4.19. The number of methoxy groups -OCH3 is 1. The van der Waals surface area contributed by atoms with Crippen LogP contribution in [0.5, 0.6) is 0 Å². The minimum Gasteiger partial charge on any atom is -0.383 e. The lowest BCUT2D eigenvalue weighted by Crippen LogP contribution is -2.19. The summed E-state index contributed by atoms with van der Waals surface area (Å²) in [6.45, 7) is 4.62. The van der Waals surface area contributed by atoms with Gasteiger partial charge in [0.1, 0.15) is 5.15 Å². The van der Waals surface area contributed by atoms with E-state index in [4.69, 9.17) is 16.3 Å². The zero-order chi connectivity index (χ0) is 13.4. The van der Waals surface area contributed by atoms with Crippen LogP contribution in [0, 0.1) is 6.92 Å². The van der Waals surface area contributed by atoms with E-state index >= 15 is 0 Å². The summed E-state index contributed by atoms with van der Waals surface area (Å²) >= 11 is 6.15. The Morgan fingerprint density at radius 1 is 1.39 bits per heavy atom. The van der Waals surface area contributed by atoms with Crippen molar-refractivity contribution in [2.75, 3.05) is 26.8 Å². The third-order valence-corrected chi connectivity index (χ3v) is 3.20. The van der Waals surface area contributed by atoms with Crippen LogP contribution in [0.2, 0.25) is 5.15 Å². The van der Waals surface area contributed by atoms with Crippen LogP contribution in [0.1, 0.15) is 17.7 Å². The number of aryl methyl sites for hydroxylation is 2. The molecule has 1 rings (SSSR count). The lowest BCUT2D eigenvalue weighted by Gasteiger charge is -2.00. The van der Waals surface area contributed by atoms with Crippen molar-refractivity contribution < 1.29 is 4.74 Å². The van der Waals surface area contributed by atoms with Crippen molar-refractivity contribution in [3.63, 3.8) is 0 Å². The maximum atomic E-state index is 6.15. The molecule has 1 aromatic rings. The van der Waals surface area contributed by atoms with Crippen LogP contribution in [-0.2, 0) is 18.2 Å². The zero-order valence-electron chi connectivity index (χ0n) is 11.4. The molecule has 0 unspecified atom stereocenters. The molecular weight excluding hydrogens is 250 g/mol. The Morgan fingerprint density at radius 2 is 2.17 bits per heavy atom. The zero-order valence-corrected chi connectivity index (χ0v) is 12.1. The maximum absolute atomic E-state index is 6.15. The second kappa shape index (κ2) is 8.29. The van der Waals surface area contributed by atoms with E-state index in [0.717, 1.165) is 48.9 Å². The van der Waals surface area contributed by atoms with Crippen LogP contribution in [0.25, 0.3) is 0 Å².